The van der Waals surface area contributed by atoms with Crippen molar-refractivity contribution in [3.63, 3.8) is 0 Å². The molecule has 1 aliphatic rings. The molecule has 2 heterocycles. The maximum atomic E-state index is 14.0. The summed E-state index contributed by atoms with van der Waals surface area (Å²) in [6, 6.07) is 20.7. The first-order chi connectivity index (χ1) is 16.8. The molecule has 0 fully saturated rings. The molecule has 8 heteroatoms. The van der Waals surface area contributed by atoms with Crippen LogP contribution in [0.3, 0.4) is 0 Å². The molecule has 5 rings (SSSR count). The van der Waals surface area contributed by atoms with Crippen molar-refractivity contribution in [2.75, 3.05) is 11.5 Å². The summed E-state index contributed by atoms with van der Waals surface area (Å²) >= 11 is 12.6. The molecule has 4 nitrogen and oxygen atoms in total. The number of ether oxygens (including phenoxy) is 1. The topological polar surface area (TPSA) is 41.9 Å². The highest BCUT2D eigenvalue weighted by atomic mass is 35.5. The van der Waals surface area contributed by atoms with Crippen LogP contribution >= 0.6 is 43.9 Å². The predicted molar refractivity (Wildman–Crippen MR) is 147 cm³/mol. The Morgan fingerprint density at radius 2 is 1.80 bits per heavy atom. The standard InChI is InChI=1S/C27H22Cl2N2O2S2/c1-4-33-18-11-13-22-20(15-18)23-24(34-35-25(23)30-17-8-6-5-7-9-17)27(2,3)31(22)26(32)19-12-10-16(28)14-21(19)29/h5-15H,4H2,1-3H3. The van der Waals surface area contributed by atoms with Crippen LogP contribution in [-0.4, -0.2) is 12.5 Å². The molecule has 3 aromatic carbocycles. The molecular weight excluding hydrogens is 519 g/mol. The second-order valence-corrected chi connectivity index (χ2v) is 11.5. The molecule has 0 saturated carbocycles. The molecule has 0 radical (unpaired) electrons. The van der Waals surface area contributed by atoms with E-state index in [-0.39, 0.29) is 5.91 Å². The Balaban J connectivity index is 1.75. The molecule has 1 aromatic heterocycles. The van der Waals surface area contributed by atoms with Gasteiger partial charge in [0, 0.05) is 16.1 Å². The Kier molecular flexibility index (Phi) is 6.49. The van der Waals surface area contributed by atoms with Gasteiger partial charge in [0.05, 0.1) is 39.0 Å². The highest BCUT2D eigenvalue weighted by Gasteiger charge is 2.44. The summed E-state index contributed by atoms with van der Waals surface area (Å²) in [6.07, 6.45) is 0. The van der Waals surface area contributed by atoms with Gasteiger partial charge in [-0.25, -0.2) is 4.99 Å². The van der Waals surface area contributed by atoms with Gasteiger partial charge in [-0.3, -0.25) is 9.69 Å². The fraction of sp³-hybridized carbons (Fsp3) is 0.185. The molecule has 0 saturated heterocycles. The number of hydrogen-bond acceptors (Lipinski definition) is 5. The molecule has 0 atom stereocenters. The number of halogens is 2. The smallest absolute Gasteiger partial charge is 0.260 e. The van der Waals surface area contributed by atoms with Crippen LogP contribution in [0, 0.1) is 0 Å². The molecule has 0 unspecified atom stereocenters. The maximum absolute atomic E-state index is 14.0. The van der Waals surface area contributed by atoms with Crippen LogP contribution in [0.4, 0.5) is 11.4 Å². The van der Waals surface area contributed by atoms with E-state index in [2.05, 4.69) is 13.8 Å². The van der Waals surface area contributed by atoms with Crippen LogP contribution in [0.15, 0.2) is 71.7 Å². The van der Waals surface area contributed by atoms with Crippen molar-refractivity contribution >= 4 is 61.2 Å². The number of carbonyl (C=O) groups is 1. The fourth-order valence-electron chi connectivity index (χ4n) is 4.32. The van der Waals surface area contributed by atoms with Crippen LogP contribution in [0.1, 0.15) is 36.0 Å². The number of para-hydroxylation sites is 1. The number of fused-ring (bicyclic) bond motifs is 3. The van der Waals surface area contributed by atoms with E-state index in [1.165, 1.54) is 0 Å². The molecule has 0 aliphatic carbocycles. The molecule has 0 bridgehead atoms. The van der Waals surface area contributed by atoms with E-state index in [1.807, 2.05) is 60.4 Å². The molecule has 0 N–H and O–H groups in total. The zero-order valence-electron chi connectivity index (χ0n) is 19.3. The van der Waals surface area contributed by atoms with Crippen molar-refractivity contribution in [2.24, 2.45) is 4.99 Å². The lowest BCUT2D eigenvalue weighted by molar-refractivity contribution is 0.0961. The van der Waals surface area contributed by atoms with E-state index in [9.17, 15) is 4.79 Å². The van der Waals surface area contributed by atoms with Gasteiger partial charge in [0.15, 0.2) is 0 Å². The van der Waals surface area contributed by atoms with Crippen molar-refractivity contribution in [3.8, 4) is 16.9 Å². The van der Waals surface area contributed by atoms with Crippen molar-refractivity contribution in [2.45, 2.75) is 26.3 Å². The third kappa shape index (κ3) is 4.29. The second kappa shape index (κ2) is 9.43. The van der Waals surface area contributed by atoms with Gasteiger partial charge in [-0.05, 0) is 69.3 Å². The number of anilines is 1. The second-order valence-electron chi connectivity index (χ2n) is 8.56. The largest absolute Gasteiger partial charge is 0.494 e. The Hall–Kier alpha value is -2.64. The van der Waals surface area contributed by atoms with Crippen LogP contribution in [-0.2, 0) is 5.54 Å². The minimum atomic E-state index is -0.638. The van der Waals surface area contributed by atoms with Crippen molar-refractivity contribution in [1.29, 1.82) is 0 Å². The average Bonchev–Trinajstić information content (AvgIpc) is 3.25. The summed E-state index contributed by atoms with van der Waals surface area (Å²) in [4.78, 5) is 21.8. The maximum Gasteiger partial charge on any atom is 0.260 e. The molecule has 1 amide bonds. The first kappa shape index (κ1) is 24.1. The summed E-state index contributed by atoms with van der Waals surface area (Å²) in [5.41, 5.74) is 3.39. The predicted octanol–water partition coefficient (Wildman–Crippen LogP) is 8.31. The van der Waals surface area contributed by atoms with E-state index >= 15 is 0 Å². The highest BCUT2D eigenvalue weighted by molar-refractivity contribution is 7.68. The Bertz CT molecular complexity index is 1490. The quantitative estimate of drug-likeness (QED) is 0.244. The molecular formula is C27H22Cl2N2O2S2. The molecule has 178 valence electrons. The summed E-state index contributed by atoms with van der Waals surface area (Å²) < 4.78 is 6.74. The average molecular weight is 542 g/mol. The van der Waals surface area contributed by atoms with Gasteiger partial charge >= 0.3 is 0 Å². The third-order valence-corrected chi connectivity index (χ3v) is 9.08. The zero-order valence-corrected chi connectivity index (χ0v) is 22.5. The summed E-state index contributed by atoms with van der Waals surface area (Å²) in [5.74, 6) is 0.559. The van der Waals surface area contributed by atoms with Crippen molar-refractivity contribution in [3.05, 3.63) is 91.9 Å². The number of benzene rings is 3. The monoisotopic (exact) mass is 540 g/mol. The number of hydrogen-bond donors (Lipinski definition) is 0. The van der Waals surface area contributed by atoms with Crippen molar-refractivity contribution in [1.82, 2.24) is 0 Å². The zero-order chi connectivity index (χ0) is 24.7. The van der Waals surface area contributed by atoms with E-state index in [0.717, 1.165) is 37.8 Å². The van der Waals surface area contributed by atoms with Gasteiger partial charge < -0.3 is 4.74 Å². The first-order valence-electron chi connectivity index (χ1n) is 11.1. The van der Waals surface area contributed by atoms with E-state index in [0.29, 0.717) is 22.2 Å². The van der Waals surface area contributed by atoms with Gasteiger partial charge in [0.2, 0.25) is 0 Å². The fourth-order valence-corrected chi connectivity index (χ4v) is 7.77. The summed E-state index contributed by atoms with van der Waals surface area (Å²) in [7, 11) is 3.26. The highest BCUT2D eigenvalue weighted by Crippen LogP contribution is 2.51. The van der Waals surface area contributed by atoms with Gasteiger partial charge in [-0.15, -0.1) is 0 Å². The Morgan fingerprint density at radius 1 is 1.03 bits per heavy atom. The van der Waals surface area contributed by atoms with E-state index in [4.69, 9.17) is 32.9 Å². The number of rotatable bonds is 4. The van der Waals surface area contributed by atoms with Crippen molar-refractivity contribution < 1.29 is 9.53 Å². The lowest BCUT2D eigenvalue weighted by Gasteiger charge is -2.43. The number of amides is 1. The minimum Gasteiger partial charge on any atom is -0.494 e. The molecule has 1 aliphatic heterocycles. The molecule has 35 heavy (non-hydrogen) atoms. The van der Waals surface area contributed by atoms with E-state index < -0.39 is 5.54 Å². The Morgan fingerprint density at radius 3 is 2.51 bits per heavy atom. The lowest BCUT2D eigenvalue weighted by atomic mass is 9.86. The minimum absolute atomic E-state index is 0.187. The lowest BCUT2D eigenvalue weighted by Crippen LogP contribution is -2.48. The van der Waals surface area contributed by atoms with E-state index in [1.54, 1.807) is 38.9 Å². The summed E-state index contributed by atoms with van der Waals surface area (Å²) in [5, 5.41) is 0.811. The van der Waals surface area contributed by atoms with Crippen LogP contribution < -0.4 is 14.3 Å². The SMILES string of the molecule is CCOc1ccc2c(c1)-c1c(ssc1=Nc1ccccc1)C(C)(C)N2C(=O)c1ccc(Cl)cc1Cl. The summed E-state index contributed by atoms with van der Waals surface area (Å²) in [6.45, 7) is 6.62. The van der Waals surface area contributed by atoms with Crippen LogP contribution in [0.2, 0.25) is 10.0 Å². The van der Waals surface area contributed by atoms with Crippen LogP contribution in [0.25, 0.3) is 11.1 Å². The molecule has 0 spiro atoms. The van der Waals surface area contributed by atoms with Gasteiger partial charge in [0.25, 0.3) is 5.91 Å². The third-order valence-electron chi connectivity index (χ3n) is 5.90. The molecule has 4 aromatic rings. The Labute approximate surface area is 221 Å². The number of nitrogens with zero attached hydrogens (tertiary/aromatic N) is 2. The van der Waals surface area contributed by atoms with Crippen LogP contribution in [0.5, 0.6) is 5.75 Å². The van der Waals surface area contributed by atoms with Gasteiger partial charge in [0.1, 0.15) is 10.4 Å². The van der Waals surface area contributed by atoms with Gasteiger partial charge in [-0.1, -0.05) is 62.1 Å². The normalized spacial score (nSPS) is 14.4. The first-order valence-corrected chi connectivity index (χ1v) is 14.0. The number of carbonyl (C=O) groups excluding carboxylic acids is 1. The van der Waals surface area contributed by atoms with Gasteiger partial charge in [-0.2, -0.15) is 0 Å².